The van der Waals surface area contributed by atoms with Crippen LogP contribution in [0.15, 0.2) is 53.0 Å². The molecule has 18 heavy (non-hydrogen) atoms. The second-order valence-corrected chi connectivity index (χ2v) is 5.89. The minimum absolute atomic E-state index is 0.670. The van der Waals surface area contributed by atoms with Gasteiger partial charge in [0.05, 0.1) is 11.6 Å². The van der Waals surface area contributed by atoms with Gasteiger partial charge in [0, 0.05) is 8.04 Å². The van der Waals surface area contributed by atoms with Crippen LogP contribution in [0.2, 0.25) is 0 Å². The van der Waals surface area contributed by atoms with Crippen molar-refractivity contribution in [1.82, 2.24) is 0 Å². The molecule has 88 valence electrons. The van der Waals surface area contributed by atoms with Crippen molar-refractivity contribution in [2.24, 2.45) is 0 Å². The smallest absolute Gasteiger partial charge is 0.0998 e. The van der Waals surface area contributed by atoms with Crippen LogP contribution >= 0.6 is 38.5 Å². The van der Waals surface area contributed by atoms with Gasteiger partial charge in [-0.1, -0.05) is 40.2 Å². The fourth-order valence-corrected chi connectivity index (χ4v) is 2.16. The Balaban J connectivity index is 2.37. The summed E-state index contributed by atoms with van der Waals surface area (Å²) in [6, 6.07) is 18.1. The Kier molecular flexibility index (Phi) is 4.56. The van der Waals surface area contributed by atoms with Crippen LogP contribution in [0.4, 0.5) is 0 Å². The van der Waals surface area contributed by atoms with Gasteiger partial charge in [-0.2, -0.15) is 5.26 Å². The van der Waals surface area contributed by atoms with Crippen molar-refractivity contribution in [3.8, 4) is 6.07 Å². The molecule has 2 aromatic rings. The Hall–Kier alpha value is -1.12. The molecule has 0 bridgehead atoms. The summed E-state index contributed by atoms with van der Waals surface area (Å²) in [5, 5.41) is 9.23. The Morgan fingerprint density at radius 3 is 2.22 bits per heavy atom. The number of nitriles is 1. The zero-order valence-electron chi connectivity index (χ0n) is 9.40. The zero-order valence-corrected chi connectivity index (χ0v) is 13.1. The van der Waals surface area contributed by atoms with E-state index in [2.05, 4.69) is 44.6 Å². The summed E-state index contributed by atoms with van der Waals surface area (Å²) in [6.45, 7) is 0. The van der Waals surface area contributed by atoms with Crippen molar-refractivity contribution in [3.05, 3.63) is 67.7 Å². The first kappa shape index (κ1) is 13.3. The van der Waals surface area contributed by atoms with E-state index < -0.39 is 0 Å². The highest BCUT2D eigenvalue weighted by molar-refractivity contribution is 14.1. The molecule has 0 spiro atoms. The first-order valence-corrected chi connectivity index (χ1v) is 7.19. The molecule has 0 heterocycles. The van der Waals surface area contributed by atoms with Gasteiger partial charge in [0.15, 0.2) is 0 Å². The fraction of sp³-hybridized carbons (Fsp3) is 0. The van der Waals surface area contributed by atoms with Crippen molar-refractivity contribution >= 4 is 50.2 Å². The Bertz CT molecular complexity index is 606. The van der Waals surface area contributed by atoms with E-state index in [-0.39, 0.29) is 0 Å². The molecule has 0 amide bonds. The summed E-state index contributed by atoms with van der Waals surface area (Å²) in [5.74, 6) is 0. The standard InChI is InChI=1S/C15H9BrIN/c16-14-5-3-12(4-6-14)13(10-18)9-11-1-7-15(17)8-2-11/h1-9H/b13-9-. The first-order chi connectivity index (χ1) is 8.69. The quantitative estimate of drug-likeness (QED) is 0.383. The maximum atomic E-state index is 9.23. The third-order valence-electron chi connectivity index (χ3n) is 2.46. The molecular weight excluding hydrogens is 401 g/mol. The van der Waals surface area contributed by atoms with Crippen LogP contribution in [-0.4, -0.2) is 0 Å². The van der Waals surface area contributed by atoms with Crippen molar-refractivity contribution in [2.45, 2.75) is 0 Å². The van der Waals surface area contributed by atoms with E-state index in [1.807, 2.05) is 54.6 Å². The van der Waals surface area contributed by atoms with Gasteiger partial charge in [-0.3, -0.25) is 0 Å². The molecule has 0 aliphatic carbocycles. The van der Waals surface area contributed by atoms with Crippen LogP contribution in [0.3, 0.4) is 0 Å². The molecular formula is C15H9BrIN. The lowest BCUT2D eigenvalue weighted by Gasteiger charge is -2.00. The normalized spacial score (nSPS) is 11.1. The molecule has 0 aliphatic heterocycles. The monoisotopic (exact) mass is 409 g/mol. The first-order valence-electron chi connectivity index (χ1n) is 5.32. The summed E-state index contributed by atoms with van der Waals surface area (Å²) in [6.07, 6.45) is 1.90. The fourth-order valence-electron chi connectivity index (χ4n) is 1.54. The maximum Gasteiger partial charge on any atom is 0.0998 e. The second kappa shape index (κ2) is 6.17. The maximum absolute atomic E-state index is 9.23. The van der Waals surface area contributed by atoms with E-state index >= 15 is 0 Å². The van der Waals surface area contributed by atoms with Crippen molar-refractivity contribution in [3.63, 3.8) is 0 Å². The summed E-state index contributed by atoms with van der Waals surface area (Å²) in [7, 11) is 0. The molecule has 0 fully saturated rings. The summed E-state index contributed by atoms with van der Waals surface area (Å²) in [4.78, 5) is 0. The molecule has 3 heteroatoms. The van der Waals surface area contributed by atoms with Gasteiger partial charge < -0.3 is 0 Å². The molecule has 0 unspecified atom stereocenters. The molecule has 2 aromatic carbocycles. The number of hydrogen-bond donors (Lipinski definition) is 0. The van der Waals surface area contributed by atoms with Crippen molar-refractivity contribution in [2.75, 3.05) is 0 Å². The number of allylic oxidation sites excluding steroid dienone is 1. The Labute approximate surface area is 128 Å². The Morgan fingerprint density at radius 2 is 1.67 bits per heavy atom. The van der Waals surface area contributed by atoms with E-state index in [0.717, 1.165) is 15.6 Å². The van der Waals surface area contributed by atoms with Crippen LogP contribution in [-0.2, 0) is 0 Å². The van der Waals surface area contributed by atoms with E-state index in [1.54, 1.807) is 0 Å². The molecule has 2 rings (SSSR count). The molecule has 0 saturated carbocycles. The van der Waals surface area contributed by atoms with Crippen molar-refractivity contribution < 1.29 is 0 Å². The molecule has 0 radical (unpaired) electrons. The van der Waals surface area contributed by atoms with Gasteiger partial charge in [0.1, 0.15) is 0 Å². The van der Waals surface area contributed by atoms with E-state index in [4.69, 9.17) is 0 Å². The van der Waals surface area contributed by atoms with Gasteiger partial charge in [0.25, 0.3) is 0 Å². The van der Waals surface area contributed by atoms with Crippen LogP contribution < -0.4 is 0 Å². The minimum atomic E-state index is 0.670. The molecule has 1 nitrogen and oxygen atoms in total. The van der Waals surface area contributed by atoms with E-state index in [1.165, 1.54) is 3.57 Å². The van der Waals surface area contributed by atoms with Gasteiger partial charge in [0.2, 0.25) is 0 Å². The van der Waals surface area contributed by atoms with E-state index in [9.17, 15) is 5.26 Å². The van der Waals surface area contributed by atoms with Crippen LogP contribution in [0.1, 0.15) is 11.1 Å². The largest absolute Gasteiger partial charge is 0.192 e. The topological polar surface area (TPSA) is 23.8 Å². The summed E-state index contributed by atoms with van der Waals surface area (Å²) in [5.41, 5.74) is 2.64. The number of benzene rings is 2. The predicted molar refractivity (Wildman–Crippen MR) is 86.8 cm³/mol. The lowest BCUT2D eigenvalue weighted by molar-refractivity contribution is 1.52. The SMILES string of the molecule is N#C/C(=C/c1ccc(I)cc1)c1ccc(Br)cc1. The minimum Gasteiger partial charge on any atom is -0.192 e. The van der Waals surface area contributed by atoms with Crippen LogP contribution in [0.5, 0.6) is 0 Å². The predicted octanol–water partition coefficient (Wildman–Crippen LogP) is 5.12. The van der Waals surface area contributed by atoms with Crippen molar-refractivity contribution in [1.29, 1.82) is 5.26 Å². The highest BCUT2D eigenvalue weighted by Gasteiger charge is 2.00. The van der Waals surface area contributed by atoms with E-state index in [0.29, 0.717) is 5.57 Å². The molecule has 0 saturated heterocycles. The molecule has 0 atom stereocenters. The van der Waals surface area contributed by atoms with Crippen LogP contribution in [0.25, 0.3) is 11.6 Å². The number of halogens is 2. The third-order valence-corrected chi connectivity index (χ3v) is 3.70. The Morgan fingerprint density at radius 1 is 1.06 bits per heavy atom. The zero-order chi connectivity index (χ0) is 13.0. The lowest BCUT2D eigenvalue weighted by Crippen LogP contribution is -1.82. The highest BCUT2D eigenvalue weighted by atomic mass is 127. The summed E-state index contributed by atoms with van der Waals surface area (Å²) < 4.78 is 2.20. The van der Waals surface area contributed by atoms with Gasteiger partial charge in [-0.25, -0.2) is 0 Å². The highest BCUT2D eigenvalue weighted by Crippen LogP contribution is 2.20. The van der Waals surface area contributed by atoms with Gasteiger partial charge in [-0.15, -0.1) is 0 Å². The third kappa shape index (κ3) is 3.44. The molecule has 0 aliphatic rings. The number of rotatable bonds is 2. The average Bonchev–Trinajstić information content (AvgIpc) is 2.39. The molecule has 0 N–H and O–H groups in total. The van der Waals surface area contributed by atoms with Gasteiger partial charge >= 0.3 is 0 Å². The van der Waals surface area contributed by atoms with Gasteiger partial charge in [-0.05, 0) is 64.1 Å². The second-order valence-electron chi connectivity index (χ2n) is 3.73. The average molecular weight is 410 g/mol. The number of nitrogens with zero attached hydrogens (tertiary/aromatic N) is 1. The van der Waals surface area contributed by atoms with Crippen LogP contribution in [0, 0.1) is 14.9 Å². The lowest BCUT2D eigenvalue weighted by atomic mass is 10.0. The number of hydrogen-bond acceptors (Lipinski definition) is 1. The molecule has 0 aromatic heterocycles. The summed E-state index contributed by atoms with van der Waals surface area (Å²) >= 11 is 5.65.